The Morgan fingerprint density at radius 2 is 1.80 bits per heavy atom. The Bertz CT molecular complexity index is 1100. The van der Waals surface area contributed by atoms with Gasteiger partial charge in [-0.2, -0.15) is 5.10 Å². The Balaban J connectivity index is 1.65. The van der Waals surface area contributed by atoms with Crippen LogP contribution in [0.3, 0.4) is 0 Å². The number of amides is 1. The number of fused-ring (bicyclic) bond motifs is 2. The van der Waals surface area contributed by atoms with E-state index in [1.54, 1.807) is 6.20 Å². The standard InChI is InChI=1S/C23H26N4O3/c1-15(2)27-22-18(14-24-27)17(23(28)26-8-4-3-5-9-26)13-19(25-22)16-6-7-20-21(12-16)30-11-10-29-20/h6-7,12-15H,3-5,8-11H2,1-2H3. The summed E-state index contributed by atoms with van der Waals surface area (Å²) in [5, 5.41) is 5.33. The van der Waals surface area contributed by atoms with Crippen LogP contribution in [0, 0.1) is 0 Å². The van der Waals surface area contributed by atoms with E-state index < -0.39 is 0 Å². The van der Waals surface area contributed by atoms with Crippen LogP contribution in [0.15, 0.2) is 30.5 Å². The molecule has 4 heterocycles. The van der Waals surface area contributed by atoms with Crippen LogP contribution >= 0.6 is 0 Å². The summed E-state index contributed by atoms with van der Waals surface area (Å²) < 4.78 is 13.3. The maximum atomic E-state index is 13.4. The highest BCUT2D eigenvalue weighted by atomic mass is 16.6. The molecule has 0 radical (unpaired) electrons. The highest BCUT2D eigenvalue weighted by Crippen LogP contribution is 2.35. The first kappa shape index (κ1) is 18.9. The monoisotopic (exact) mass is 406 g/mol. The number of carbonyl (C=O) groups is 1. The van der Waals surface area contributed by atoms with Crippen LogP contribution in [0.25, 0.3) is 22.3 Å². The van der Waals surface area contributed by atoms with E-state index in [0.29, 0.717) is 24.5 Å². The summed E-state index contributed by atoms with van der Waals surface area (Å²) in [5.74, 6) is 1.51. The number of piperidine rings is 1. The van der Waals surface area contributed by atoms with E-state index in [4.69, 9.17) is 14.5 Å². The molecule has 0 aliphatic carbocycles. The lowest BCUT2D eigenvalue weighted by molar-refractivity contribution is 0.0726. The number of rotatable bonds is 3. The predicted molar refractivity (Wildman–Crippen MR) is 114 cm³/mol. The van der Waals surface area contributed by atoms with Gasteiger partial charge in [0.2, 0.25) is 0 Å². The van der Waals surface area contributed by atoms with Crippen molar-refractivity contribution < 1.29 is 14.3 Å². The fourth-order valence-electron chi connectivity index (χ4n) is 4.19. The quantitative estimate of drug-likeness (QED) is 0.656. The van der Waals surface area contributed by atoms with E-state index in [-0.39, 0.29) is 11.9 Å². The van der Waals surface area contributed by atoms with E-state index in [9.17, 15) is 4.79 Å². The first-order valence-corrected chi connectivity index (χ1v) is 10.7. The molecule has 0 bridgehead atoms. The molecule has 1 amide bonds. The second-order valence-electron chi connectivity index (χ2n) is 8.19. The average molecular weight is 406 g/mol. The molecule has 2 aliphatic heterocycles. The fraction of sp³-hybridized carbons (Fsp3) is 0.435. The van der Waals surface area contributed by atoms with E-state index >= 15 is 0 Å². The van der Waals surface area contributed by atoms with E-state index in [1.165, 1.54) is 6.42 Å². The van der Waals surface area contributed by atoms with Crippen LogP contribution < -0.4 is 9.47 Å². The van der Waals surface area contributed by atoms with Crippen LogP contribution in [-0.4, -0.2) is 51.9 Å². The van der Waals surface area contributed by atoms with Gasteiger partial charge in [-0.3, -0.25) is 4.79 Å². The van der Waals surface area contributed by atoms with Crippen LogP contribution in [0.4, 0.5) is 0 Å². The average Bonchev–Trinajstić information content (AvgIpc) is 3.22. The molecule has 7 heteroatoms. The summed E-state index contributed by atoms with van der Waals surface area (Å²) in [6.07, 6.45) is 5.07. The SMILES string of the molecule is CC(C)n1ncc2c(C(=O)N3CCCCC3)cc(-c3ccc4c(c3)OCCO4)nc21. The molecule has 0 N–H and O–H groups in total. The molecule has 3 aromatic rings. The summed E-state index contributed by atoms with van der Waals surface area (Å²) in [7, 11) is 0. The minimum Gasteiger partial charge on any atom is -0.486 e. The molecular formula is C23H26N4O3. The van der Waals surface area contributed by atoms with Gasteiger partial charge in [0.15, 0.2) is 17.1 Å². The van der Waals surface area contributed by atoms with Gasteiger partial charge in [-0.1, -0.05) is 0 Å². The zero-order valence-electron chi connectivity index (χ0n) is 17.4. The number of aromatic nitrogens is 3. The number of ether oxygens (including phenoxy) is 2. The molecule has 7 nitrogen and oxygen atoms in total. The van der Waals surface area contributed by atoms with Gasteiger partial charge < -0.3 is 14.4 Å². The van der Waals surface area contributed by atoms with Crippen LogP contribution in [-0.2, 0) is 0 Å². The van der Waals surface area contributed by atoms with Crippen molar-refractivity contribution in [1.29, 1.82) is 0 Å². The highest BCUT2D eigenvalue weighted by molar-refractivity contribution is 6.06. The lowest BCUT2D eigenvalue weighted by Gasteiger charge is -2.27. The van der Waals surface area contributed by atoms with Gasteiger partial charge in [0.25, 0.3) is 5.91 Å². The number of likely N-dealkylation sites (tertiary alicyclic amines) is 1. The van der Waals surface area contributed by atoms with Crippen molar-refractivity contribution >= 4 is 16.9 Å². The molecule has 5 rings (SSSR count). The van der Waals surface area contributed by atoms with Crippen molar-refractivity contribution in [2.75, 3.05) is 26.3 Å². The third kappa shape index (κ3) is 3.28. The molecule has 0 unspecified atom stereocenters. The summed E-state index contributed by atoms with van der Waals surface area (Å²) in [5.41, 5.74) is 3.03. The Morgan fingerprint density at radius 3 is 2.57 bits per heavy atom. The molecule has 0 saturated carbocycles. The van der Waals surface area contributed by atoms with Gasteiger partial charge in [0.05, 0.1) is 22.8 Å². The zero-order chi connectivity index (χ0) is 20.7. The number of nitrogens with zero attached hydrogens (tertiary/aromatic N) is 4. The number of hydrogen-bond donors (Lipinski definition) is 0. The molecule has 2 aliphatic rings. The minimum absolute atomic E-state index is 0.0594. The van der Waals surface area contributed by atoms with Gasteiger partial charge in [-0.15, -0.1) is 0 Å². The second-order valence-corrected chi connectivity index (χ2v) is 8.19. The maximum absolute atomic E-state index is 13.4. The van der Waals surface area contributed by atoms with Gasteiger partial charge in [-0.25, -0.2) is 9.67 Å². The van der Waals surface area contributed by atoms with Crippen LogP contribution in [0.1, 0.15) is 49.5 Å². The Kier molecular flexibility index (Phi) is 4.81. The van der Waals surface area contributed by atoms with Crippen LogP contribution in [0.2, 0.25) is 0 Å². The minimum atomic E-state index is 0.0594. The largest absolute Gasteiger partial charge is 0.486 e. The van der Waals surface area contributed by atoms with Crippen molar-refractivity contribution in [1.82, 2.24) is 19.7 Å². The first-order chi connectivity index (χ1) is 14.6. The van der Waals surface area contributed by atoms with Crippen molar-refractivity contribution in [2.24, 2.45) is 0 Å². The van der Waals surface area contributed by atoms with Crippen molar-refractivity contribution in [3.8, 4) is 22.8 Å². The Hall–Kier alpha value is -3.09. The lowest BCUT2D eigenvalue weighted by atomic mass is 10.0. The smallest absolute Gasteiger partial charge is 0.254 e. The molecule has 2 aromatic heterocycles. The van der Waals surface area contributed by atoms with Gasteiger partial charge >= 0.3 is 0 Å². The fourth-order valence-corrected chi connectivity index (χ4v) is 4.19. The summed E-state index contributed by atoms with van der Waals surface area (Å²) in [4.78, 5) is 20.3. The zero-order valence-corrected chi connectivity index (χ0v) is 17.4. The van der Waals surface area contributed by atoms with Crippen molar-refractivity contribution in [3.05, 3.63) is 36.0 Å². The number of benzene rings is 1. The van der Waals surface area contributed by atoms with Crippen LogP contribution in [0.5, 0.6) is 11.5 Å². The molecule has 1 fully saturated rings. The molecule has 156 valence electrons. The lowest BCUT2D eigenvalue weighted by Crippen LogP contribution is -2.35. The first-order valence-electron chi connectivity index (χ1n) is 10.7. The van der Waals surface area contributed by atoms with Gasteiger partial charge in [0, 0.05) is 24.7 Å². The molecular weight excluding hydrogens is 380 g/mol. The third-order valence-electron chi connectivity index (χ3n) is 5.77. The summed E-state index contributed by atoms with van der Waals surface area (Å²) in [6, 6.07) is 7.85. The van der Waals surface area contributed by atoms with E-state index in [2.05, 4.69) is 18.9 Å². The Labute approximate surface area is 175 Å². The second kappa shape index (κ2) is 7.63. The van der Waals surface area contributed by atoms with Gasteiger partial charge in [-0.05, 0) is 57.4 Å². The van der Waals surface area contributed by atoms with Crippen molar-refractivity contribution in [2.45, 2.75) is 39.2 Å². The highest BCUT2D eigenvalue weighted by Gasteiger charge is 2.24. The number of carbonyl (C=O) groups excluding carboxylic acids is 1. The maximum Gasteiger partial charge on any atom is 0.254 e. The summed E-state index contributed by atoms with van der Waals surface area (Å²) in [6.45, 7) is 6.83. The third-order valence-corrected chi connectivity index (χ3v) is 5.77. The van der Waals surface area contributed by atoms with Crippen molar-refractivity contribution in [3.63, 3.8) is 0 Å². The molecule has 30 heavy (non-hydrogen) atoms. The molecule has 1 aromatic carbocycles. The molecule has 0 atom stereocenters. The Morgan fingerprint density at radius 1 is 1.03 bits per heavy atom. The summed E-state index contributed by atoms with van der Waals surface area (Å²) >= 11 is 0. The van der Waals surface area contributed by atoms with E-state index in [0.717, 1.165) is 54.0 Å². The predicted octanol–water partition coefficient (Wildman–Crippen LogP) is 4.08. The number of pyridine rings is 1. The normalized spacial score (nSPS) is 16.3. The topological polar surface area (TPSA) is 69.5 Å². The van der Waals surface area contributed by atoms with Gasteiger partial charge in [0.1, 0.15) is 13.2 Å². The number of hydrogen-bond acceptors (Lipinski definition) is 5. The molecule has 0 spiro atoms. The molecule has 1 saturated heterocycles. The van der Waals surface area contributed by atoms with E-state index in [1.807, 2.05) is 33.8 Å².